The molecule has 0 fully saturated rings. The van der Waals surface area contributed by atoms with Crippen molar-refractivity contribution in [2.24, 2.45) is 0 Å². The van der Waals surface area contributed by atoms with Crippen LogP contribution in [0.2, 0.25) is 0 Å². The first-order valence-electron chi connectivity index (χ1n) is 4.71. The highest BCUT2D eigenvalue weighted by atomic mass is 32.1. The van der Waals surface area contributed by atoms with Gasteiger partial charge in [-0.05, 0) is 29.5 Å². The van der Waals surface area contributed by atoms with Gasteiger partial charge in [0.05, 0.1) is 0 Å². The molecule has 0 saturated carbocycles. The van der Waals surface area contributed by atoms with E-state index in [1.165, 1.54) is 0 Å². The molecule has 1 nitrogen and oxygen atoms in total. The summed E-state index contributed by atoms with van der Waals surface area (Å²) in [4.78, 5) is -0.580. The molecule has 0 radical (unpaired) electrons. The zero-order chi connectivity index (χ0) is 11.8. The van der Waals surface area contributed by atoms with Crippen LogP contribution in [0.3, 0.4) is 0 Å². The molecule has 86 valence electrons. The first-order valence-corrected chi connectivity index (χ1v) is 5.53. The molecule has 2 aromatic rings. The van der Waals surface area contributed by atoms with Gasteiger partial charge in [0.15, 0.2) is 0 Å². The van der Waals surface area contributed by atoms with Gasteiger partial charge in [0, 0.05) is 11.3 Å². The van der Waals surface area contributed by atoms with Crippen LogP contribution >= 0.6 is 11.3 Å². The highest BCUT2D eigenvalue weighted by Gasteiger charge is 2.32. The fourth-order valence-corrected chi connectivity index (χ4v) is 2.43. The van der Waals surface area contributed by atoms with Crippen molar-refractivity contribution >= 4 is 21.4 Å². The van der Waals surface area contributed by atoms with Gasteiger partial charge in [-0.25, -0.2) is 0 Å². The van der Waals surface area contributed by atoms with Crippen LogP contribution in [0.5, 0.6) is 0 Å². The minimum absolute atomic E-state index is 0.00176. The van der Waals surface area contributed by atoms with Crippen molar-refractivity contribution in [2.45, 2.75) is 12.6 Å². The number of benzene rings is 1. The number of rotatable bonds is 2. The monoisotopic (exact) mass is 246 g/mol. The van der Waals surface area contributed by atoms with Crippen LogP contribution in [0.1, 0.15) is 10.4 Å². The van der Waals surface area contributed by atoms with E-state index in [4.69, 9.17) is 5.11 Å². The van der Waals surface area contributed by atoms with Crippen molar-refractivity contribution in [1.29, 1.82) is 0 Å². The molecule has 1 N–H and O–H groups in total. The van der Waals surface area contributed by atoms with Crippen LogP contribution in [0.15, 0.2) is 24.3 Å². The summed E-state index contributed by atoms with van der Waals surface area (Å²) in [7, 11) is 0. The maximum Gasteiger partial charge on any atom is 0.425 e. The molecule has 0 amide bonds. The van der Waals surface area contributed by atoms with Crippen molar-refractivity contribution in [1.82, 2.24) is 0 Å². The Bertz CT molecular complexity index is 501. The van der Waals surface area contributed by atoms with E-state index in [9.17, 15) is 13.2 Å². The molecular weight excluding hydrogens is 237 g/mol. The number of alkyl halides is 3. The molecule has 0 saturated heterocycles. The van der Waals surface area contributed by atoms with Crippen LogP contribution in [-0.2, 0) is 12.6 Å². The molecule has 0 bridgehead atoms. The van der Waals surface area contributed by atoms with Gasteiger partial charge in [0.25, 0.3) is 0 Å². The van der Waals surface area contributed by atoms with E-state index < -0.39 is 11.1 Å². The molecule has 0 unspecified atom stereocenters. The second-order valence-electron chi connectivity index (χ2n) is 3.45. The average Bonchev–Trinajstić information content (AvgIpc) is 2.60. The molecule has 0 aliphatic heterocycles. The minimum Gasteiger partial charge on any atom is -0.396 e. The molecule has 0 aliphatic rings. The highest BCUT2D eigenvalue weighted by Crippen LogP contribution is 2.38. The van der Waals surface area contributed by atoms with E-state index in [1.54, 1.807) is 18.2 Å². The third-order valence-corrected chi connectivity index (χ3v) is 3.42. The third kappa shape index (κ3) is 2.20. The SMILES string of the molecule is OCCc1ccc2sc(C(F)(F)F)cc2c1. The number of aliphatic hydroxyl groups excluding tert-OH is 1. The summed E-state index contributed by atoms with van der Waals surface area (Å²) in [6.45, 7) is 0.00176. The molecule has 0 spiro atoms. The minimum atomic E-state index is -4.28. The summed E-state index contributed by atoms with van der Waals surface area (Å²) in [6.07, 6.45) is -3.81. The first-order chi connectivity index (χ1) is 7.50. The van der Waals surface area contributed by atoms with Crippen molar-refractivity contribution in [3.05, 3.63) is 34.7 Å². The zero-order valence-corrected chi connectivity index (χ0v) is 9.03. The Labute approximate surface area is 94.1 Å². The zero-order valence-electron chi connectivity index (χ0n) is 8.21. The van der Waals surface area contributed by atoms with Crippen molar-refractivity contribution < 1.29 is 18.3 Å². The number of hydrogen-bond donors (Lipinski definition) is 1. The Morgan fingerprint density at radius 1 is 1.19 bits per heavy atom. The van der Waals surface area contributed by atoms with E-state index in [0.717, 1.165) is 23.0 Å². The maximum atomic E-state index is 12.4. The molecule has 5 heteroatoms. The van der Waals surface area contributed by atoms with Gasteiger partial charge in [-0.2, -0.15) is 13.2 Å². The quantitative estimate of drug-likeness (QED) is 0.860. The second-order valence-corrected chi connectivity index (χ2v) is 4.54. The lowest BCUT2D eigenvalue weighted by Gasteiger charge is -1.99. The van der Waals surface area contributed by atoms with Crippen LogP contribution < -0.4 is 0 Å². The molecule has 2 rings (SSSR count). The molecule has 16 heavy (non-hydrogen) atoms. The van der Waals surface area contributed by atoms with E-state index >= 15 is 0 Å². The van der Waals surface area contributed by atoms with Crippen LogP contribution in [0, 0.1) is 0 Å². The summed E-state index contributed by atoms with van der Waals surface area (Å²) in [5.74, 6) is 0. The highest BCUT2D eigenvalue weighted by molar-refractivity contribution is 7.19. The van der Waals surface area contributed by atoms with Crippen molar-refractivity contribution in [2.75, 3.05) is 6.61 Å². The normalized spacial score (nSPS) is 12.2. The fraction of sp³-hybridized carbons (Fsp3) is 0.273. The summed E-state index contributed by atoms with van der Waals surface area (Å²) in [5, 5.41) is 9.34. The first kappa shape index (κ1) is 11.4. The van der Waals surface area contributed by atoms with Gasteiger partial charge in [-0.1, -0.05) is 12.1 Å². The Kier molecular flexibility index (Phi) is 2.90. The van der Waals surface area contributed by atoms with Gasteiger partial charge >= 0.3 is 6.18 Å². The van der Waals surface area contributed by atoms with E-state index in [2.05, 4.69) is 0 Å². The van der Waals surface area contributed by atoms with E-state index in [0.29, 0.717) is 16.5 Å². The molecular formula is C11H9F3OS. The predicted molar refractivity (Wildman–Crippen MR) is 57.6 cm³/mol. The summed E-state index contributed by atoms with van der Waals surface area (Å²) < 4.78 is 38.0. The molecule has 1 aromatic heterocycles. The average molecular weight is 246 g/mol. The second kappa shape index (κ2) is 4.07. The van der Waals surface area contributed by atoms with Gasteiger partial charge in [0.2, 0.25) is 0 Å². The summed E-state index contributed by atoms with van der Waals surface area (Å²) in [5.41, 5.74) is 0.849. The lowest BCUT2D eigenvalue weighted by atomic mass is 10.1. The third-order valence-electron chi connectivity index (χ3n) is 2.26. The largest absolute Gasteiger partial charge is 0.425 e. The van der Waals surface area contributed by atoms with Crippen molar-refractivity contribution in [3.8, 4) is 0 Å². The summed E-state index contributed by atoms with van der Waals surface area (Å²) in [6, 6.07) is 6.26. The number of halogens is 3. The number of hydrogen-bond acceptors (Lipinski definition) is 2. The van der Waals surface area contributed by atoms with Gasteiger partial charge in [-0.15, -0.1) is 11.3 Å². The fourth-order valence-electron chi connectivity index (χ4n) is 1.52. The molecule has 1 aromatic carbocycles. The van der Waals surface area contributed by atoms with Crippen LogP contribution in [0.4, 0.5) is 13.2 Å². The Morgan fingerprint density at radius 3 is 2.56 bits per heavy atom. The van der Waals surface area contributed by atoms with Gasteiger partial charge in [-0.3, -0.25) is 0 Å². The van der Waals surface area contributed by atoms with E-state index in [1.807, 2.05) is 0 Å². The lowest BCUT2D eigenvalue weighted by Crippen LogP contribution is -2.00. The number of thiophene rings is 1. The van der Waals surface area contributed by atoms with Gasteiger partial charge in [0.1, 0.15) is 4.88 Å². The predicted octanol–water partition coefficient (Wildman–Crippen LogP) is 3.45. The Morgan fingerprint density at radius 2 is 1.94 bits per heavy atom. The topological polar surface area (TPSA) is 20.2 Å². The molecule has 0 aliphatic carbocycles. The van der Waals surface area contributed by atoms with Crippen LogP contribution in [-0.4, -0.2) is 11.7 Å². The Hall–Kier alpha value is -1.07. The number of fused-ring (bicyclic) bond motifs is 1. The Balaban J connectivity index is 2.46. The lowest BCUT2D eigenvalue weighted by molar-refractivity contribution is -0.134. The molecule has 1 heterocycles. The van der Waals surface area contributed by atoms with Crippen molar-refractivity contribution in [3.63, 3.8) is 0 Å². The summed E-state index contributed by atoms with van der Waals surface area (Å²) >= 11 is 0.744. The standard InChI is InChI=1S/C11H9F3OS/c12-11(13,14)10-6-8-5-7(3-4-15)1-2-9(8)16-10/h1-2,5-6,15H,3-4H2. The van der Waals surface area contributed by atoms with E-state index in [-0.39, 0.29) is 6.61 Å². The smallest absolute Gasteiger partial charge is 0.396 e. The maximum absolute atomic E-state index is 12.4. The van der Waals surface area contributed by atoms with Crippen LogP contribution in [0.25, 0.3) is 10.1 Å². The molecule has 0 atom stereocenters. The van der Waals surface area contributed by atoms with Gasteiger partial charge < -0.3 is 5.11 Å². The number of aliphatic hydroxyl groups is 1.